The molecule has 1 aliphatic rings. The van der Waals surface area contributed by atoms with E-state index in [0.717, 1.165) is 0 Å². The third-order valence-electron chi connectivity index (χ3n) is 3.81. The lowest BCUT2D eigenvalue weighted by Crippen LogP contribution is -2.03. The highest BCUT2D eigenvalue weighted by molar-refractivity contribution is 5.83. The normalized spacial score (nSPS) is 14.1. The molecule has 0 aromatic heterocycles. The summed E-state index contributed by atoms with van der Waals surface area (Å²) in [4.78, 5) is 0. The van der Waals surface area contributed by atoms with E-state index in [1.54, 1.807) is 12.1 Å². The molecule has 0 heterocycles. The molecule has 0 saturated heterocycles. The second-order valence-electron chi connectivity index (χ2n) is 5.25. The van der Waals surface area contributed by atoms with Crippen molar-refractivity contribution in [3.05, 3.63) is 70.8 Å². The average molecular weight is 250 g/mol. The minimum absolute atomic E-state index is 0.325. The molecule has 1 heteroatoms. The summed E-state index contributed by atoms with van der Waals surface area (Å²) in [6.45, 7) is 2.11. The van der Waals surface area contributed by atoms with Crippen LogP contribution < -0.4 is 0 Å². The van der Waals surface area contributed by atoms with E-state index in [-0.39, 0.29) is 0 Å². The lowest BCUT2D eigenvalue weighted by atomic mass is 9.82. The van der Waals surface area contributed by atoms with E-state index in [0.29, 0.717) is 5.75 Å². The first-order valence-corrected chi connectivity index (χ1v) is 6.82. The van der Waals surface area contributed by atoms with Crippen LogP contribution in [-0.4, -0.2) is 5.11 Å². The smallest absolute Gasteiger partial charge is 0.115 e. The van der Waals surface area contributed by atoms with Gasteiger partial charge in [0.1, 0.15) is 5.75 Å². The molecule has 1 aliphatic carbocycles. The molecule has 2 aromatic rings. The van der Waals surface area contributed by atoms with E-state index in [1.807, 2.05) is 12.1 Å². The molecule has 0 bridgehead atoms. The molecule has 0 spiro atoms. The highest BCUT2D eigenvalue weighted by Crippen LogP contribution is 2.37. The van der Waals surface area contributed by atoms with E-state index in [1.165, 1.54) is 47.1 Å². The van der Waals surface area contributed by atoms with Crippen LogP contribution in [0.25, 0.3) is 5.57 Å². The van der Waals surface area contributed by atoms with Gasteiger partial charge in [-0.15, -0.1) is 0 Å². The molecule has 0 unspecified atom stereocenters. The molecular weight excluding hydrogens is 232 g/mol. The minimum atomic E-state index is 0.325. The van der Waals surface area contributed by atoms with Gasteiger partial charge >= 0.3 is 0 Å². The van der Waals surface area contributed by atoms with Crippen LogP contribution in [0.5, 0.6) is 5.75 Å². The maximum absolute atomic E-state index is 9.44. The Balaban J connectivity index is 2.09. The fraction of sp³-hybridized carbons (Fsp3) is 0.222. The molecule has 2 aromatic carbocycles. The highest BCUT2D eigenvalue weighted by Gasteiger charge is 2.17. The number of hydrogen-bond donors (Lipinski definition) is 1. The van der Waals surface area contributed by atoms with Crippen molar-refractivity contribution in [1.29, 1.82) is 0 Å². The van der Waals surface area contributed by atoms with Crippen LogP contribution in [0.3, 0.4) is 0 Å². The average Bonchev–Trinajstić information content (AvgIpc) is 2.36. The van der Waals surface area contributed by atoms with Crippen LogP contribution in [0, 0.1) is 6.92 Å². The van der Waals surface area contributed by atoms with E-state index in [4.69, 9.17) is 0 Å². The Morgan fingerprint density at radius 3 is 1.84 bits per heavy atom. The first-order valence-electron chi connectivity index (χ1n) is 6.82. The molecule has 0 radical (unpaired) electrons. The lowest BCUT2D eigenvalue weighted by Gasteiger charge is -2.23. The zero-order valence-electron chi connectivity index (χ0n) is 11.2. The number of phenols is 1. The second-order valence-corrected chi connectivity index (χ2v) is 5.25. The molecule has 3 rings (SSSR count). The highest BCUT2D eigenvalue weighted by atomic mass is 16.3. The van der Waals surface area contributed by atoms with Crippen LogP contribution >= 0.6 is 0 Å². The van der Waals surface area contributed by atoms with Crippen molar-refractivity contribution in [2.45, 2.75) is 26.2 Å². The van der Waals surface area contributed by atoms with Gasteiger partial charge in [-0.25, -0.2) is 0 Å². The van der Waals surface area contributed by atoms with Crippen LogP contribution in [0.15, 0.2) is 54.1 Å². The predicted octanol–water partition coefficient (Wildman–Crippen LogP) is 4.69. The number of phenolic OH excluding ortho intramolecular Hbond substituents is 1. The van der Waals surface area contributed by atoms with Gasteiger partial charge in [0.15, 0.2) is 0 Å². The van der Waals surface area contributed by atoms with Crippen molar-refractivity contribution in [1.82, 2.24) is 0 Å². The topological polar surface area (TPSA) is 20.2 Å². The van der Waals surface area contributed by atoms with Gasteiger partial charge < -0.3 is 5.11 Å². The summed E-state index contributed by atoms with van der Waals surface area (Å²) in [5.74, 6) is 0.325. The Hall–Kier alpha value is -2.02. The Morgan fingerprint density at radius 2 is 1.37 bits per heavy atom. The number of rotatable bonds is 2. The van der Waals surface area contributed by atoms with Crippen molar-refractivity contribution in [2.24, 2.45) is 0 Å². The zero-order valence-corrected chi connectivity index (χ0v) is 11.2. The standard InChI is InChI=1S/C18H18O/c1-13-5-7-15(8-6-13)18(14-3-2-4-14)16-9-11-17(19)12-10-16/h5-12,19H,2-4H2,1H3. The summed E-state index contributed by atoms with van der Waals surface area (Å²) < 4.78 is 0. The molecule has 96 valence electrons. The van der Waals surface area contributed by atoms with E-state index in [9.17, 15) is 5.11 Å². The van der Waals surface area contributed by atoms with Crippen molar-refractivity contribution in [2.75, 3.05) is 0 Å². The summed E-state index contributed by atoms with van der Waals surface area (Å²) in [5, 5.41) is 9.44. The summed E-state index contributed by atoms with van der Waals surface area (Å²) >= 11 is 0. The fourth-order valence-corrected chi connectivity index (χ4v) is 2.53. The molecule has 0 aliphatic heterocycles. The van der Waals surface area contributed by atoms with E-state index in [2.05, 4.69) is 31.2 Å². The molecular formula is C18H18O. The largest absolute Gasteiger partial charge is 0.508 e. The van der Waals surface area contributed by atoms with Gasteiger partial charge in [-0.05, 0) is 55.0 Å². The molecule has 1 nitrogen and oxygen atoms in total. The van der Waals surface area contributed by atoms with Crippen molar-refractivity contribution < 1.29 is 5.11 Å². The van der Waals surface area contributed by atoms with Crippen LogP contribution in [0.1, 0.15) is 36.0 Å². The van der Waals surface area contributed by atoms with Gasteiger partial charge in [-0.2, -0.15) is 0 Å². The molecule has 0 atom stereocenters. The number of aryl methyl sites for hydroxylation is 1. The summed E-state index contributed by atoms with van der Waals surface area (Å²) in [6, 6.07) is 16.3. The Labute approximate surface area is 114 Å². The number of allylic oxidation sites excluding steroid dienone is 1. The Kier molecular flexibility index (Phi) is 3.12. The van der Waals surface area contributed by atoms with Crippen LogP contribution in [0.2, 0.25) is 0 Å². The predicted molar refractivity (Wildman–Crippen MR) is 79.2 cm³/mol. The van der Waals surface area contributed by atoms with Gasteiger partial charge in [0.25, 0.3) is 0 Å². The molecule has 19 heavy (non-hydrogen) atoms. The number of aromatic hydroxyl groups is 1. The third kappa shape index (κ3) is 2.41. The van der Waals surface area contributed by atoms with Gasteiger partial charge in [0, 0.05) is 0 Å². The lowest BCUT2D eigenvalue weighted by molar-refractivity contribution is 0.475. The number of benzene rings is 2. The molecule has 1 saturated carbocycles. The molecule has 0 amide bonds. The first-order chi connectivity index (χ1) is 9.24. The molecule has 1 N–H and O–H groups in total. The summed E-state index contributed by atoms with van der Waals surface area (Å²) in [7, 11) is 0. The van der Waals surface area contributed by atoms with Gasteiger partial charge in [-0.1, -0.05) is 47.5 Å². The van der Waals surface area contributed by atoms with E-state index < -0.39 is 0 Å². The number of hydrogen-bond acceptors (Lipinski definition) is 1. The van der Waals surface area contributed by atoms with Crippen LogP contribution in [0.4, 0.5) is 0 Å². The van der Waals surface area contributed by atoms with Crippen molar-refractivity contribution in [3.63, 3.8) is 0 Å². The quantitative estimate of drug-likeness (QED) is 0.820. The van der Waals surface area contributed by atoms with Crippen molar-refractivity contribution in [3.8, 4) is 5.75 Å². The Bertz CT molecular complexity index is 550. The van der Waals surface area contributed by atoms with Gasteiger partial charge in [0.05, 0.1) is 0 Å². The van der Waals surface area contributed by atoms with Crippen LogP contribution in [-0.2, 0) is 0 Å². The zero-order chi connectivity index (χ0) is 13.2. The Morgan fingerprint density at radius 1 is 0.842 bits per heavy atom. The summed E-state index contributed by atoms with van der Waals surface area (Å²) in [6.07, 6.45) is 3.69. The maximum atomic E-state index is 9.44. The van der Waals surface area contributed by atoms with Gasteiger partial charge in [0.2, 0.25) is 0 Å². The van der Waals surface area contributed by atoms with Crippen molar-refractivity contribution >= 4 is 5.57 Å². The third-order valence-corrected chi connectivity index (χ3v) is 3.81. The SMILES string of the molecule is Cc1ccc(C(=C2CCC2)c2ccc(O)cc2)cc1. The monoisotopic (exact) mass is 250 g/mol. The molecule has 1 fully saturated rings. The van der Waals surface area contributed by atoms with Gasteiger partial charge in [-0.3, -0.25) is 0 Å². The maximum Gasteiger partial charge on any atom is 0.115 e. The minimum Gasteiger partial charge on any atom is -0.508 e. The van der Waals surface area contributed by atoms with E-state index >= 15 is 0 Å². The summed E-state index contributed by atoms with van der Waals surface area (Å²) in [5.41, 5.74) is 6.66. The second kappa shape index (κ2) is 4.93. The first kappa shape index (κ1) is 12.0. The fourth-order valence-electron chi connectivity index (χ4n) is 2.53.